The summed E-state index contributed by atoms with van der Waals surface area (Å²) in [7, 11) is 0. The molecule has 3 aromatic carbocycles. The van der Waals surface area contributed by atoms with Gasteiger partial charge in [0.2, 0.25) is 0 Å². The van der Waals surface area contributed by atoms with Gasteiger partial charge in [0.05, 0.1) is 0 Å². The molecule has 3 aromatic rings. The predicted octanol–water partition coefficient (Wildman–Crippen LogP) is 6.24. The Balaban J connectivity index is 1.28. The van der Waals surface area contributed by atoms with Gasteiger partial charge in [0, 0.05) is 53.8 Å². The van der Waals surface area contributed by atoms with Gasteiger partial charge in [-0.05, 0) is 71.6 Å². The molecule has 1 aliphatic rings. The van der Waals surface area contributed by atoms with Gasteiger partial charge < -0.3 is 20.4 Å². The Labute approximate surface area is 211 Å². The predicted molar refractivity (Wildman–Crippen MR) is 144 cm³/mol. The van der Waals surface area contributed by atoms with E-state index in [4.69, 9.17) is 11.6 Å². The first kappa shape index (κ1) is 24.6. The Morgan fingerprint density at radius 1 is 0.743 bits per heavy atom. The number of hydrogen-bond acceptors (Lipinski definition) is 3. The molecule has 7 heteroatoms. The molecule has 1 heterocycles. The van der Waals surface area contributed by atoms with Gasteiger partial charge in [0.15, 0.2) is 0 Å². The summed E-state index contributed by atoms with van der Waals surface area (Å²) in [5.41, 5.74) is 4.46. The Morgan fingerprint density at radius 3 is 1.77 bits per heavy atom. The van der Waals surface area contributed by atoms with Crippen molar-refractivity contribution in [3.8, 4) is 0 Å². The monoisotopic (exact) mass is 490 g/mol. The van der Waals surface area contributed by atoms with E-state index >= 15 is 0 Å². The van der Waals surface area contributed by atoms with Crippen LogP contribution in [0.1, 0.15) is 36.7 Å². The molecule has 0 atom stereocenters. The summed E-state index contributed by atoms with van der Waals surface area (Å²) in [4.78, 5) is 29.4. The fourth-order valence-electron chi connectivity index (χ4n) is 4.05. The highest BCUT2D eigenvalue weighted by Gasteiger charge is 2.23. The summed E-state index contributed by atoms with van der Waals surface area (Å²) in [5.74, 6) is 0.0800. The van der Waals surface area contributed by atoms with Gasteiger partial charge in [0.25, 0.3) is 5.91 Å². The van der Waals surface area contributed by atoms with Crippen LogP contribution in [0.2, 0.25) is 5.02 Å². The van der Waals surface area contributed by atoms with Crippen LogP contribution in [0.4, 0.5) is 21.9 Å². The quantitative estimate of drug-likeness (QED) is 0.454. The lowest BCUT2D eigenvalue weighted by atomic mass is 9.86. The molecule has 3 amide bonds. The van der Waals surface area contributed by atoms with Crippen molar-refractivity contribution in [2.45, 2.75) is 26.2 Å². The number of benzene rings is 3. The topological polar surface area (TPSA) is 64.7 Å². The second kappa shape index (κ2) is 10.4. The lowest BCUT2D eigenvalue weighted by molar-refractivity contribution is 0.0746. The molecule has 35 heavy (non-hydrogen) atoms. The standard InChI is InChI=1S/C28H31ClN4O2/c1-28(2,3)21-6-4-20(5-7-21)26(34)33-18-16-32(17-19-33)25-14-12-24(13-15-25)31-27(35)30-23-10-8-22(29)9-11-23/h4-15H,16-19H2,1-3H3,(H2,30,31,35). The van der Waals surface area contributed by atoms with Gasteiger partial charge in [-0.2, -0.15) is 0 Å². The zero-order valence-corrected chi connectivity index (χ0v) is 21.1. The van der Waals surface area contributed by atoms with Crippen molar-refractivity contribution in [2.75, 3.05) is 41.7 Å². The number of nitrogens with one attached hydrogen (secondary N) is 2. The van der Waals surface area contributed by atoms with Crippen molar-refractivity contribution < 1.29 is 9.59 Å². The van der Waals surface area contributed by atoms with E-state index in [1.807, 2.05) is 41.3 Å². The van der Waals surface area contributed by atoms with Crippen molar-refractivity contribution in [1.29, 1.82) is 0 Å². The summed E-state index contributed by atoms with van der Waals surface area (Å²) >= 11 is 5.88. The van der Waals surface area contributed by atoms with E-state index < -0.39 is 0 Å². The molecule has 0 unspecified atom stereocenters. The highest BCUT2D eigenvalue weighted by molar-refractivity contribution is 6.30. The lowest BCUT2D eigenvalue weighted by Crippen LogP contribution is -2.48. The van der Waals surface area contributed by atoms with E-state index in [1.165, 1.54) is 5.56 Å². The molecule has 1 saturated heterocycles. The van der Waals surface area contributed by atoms with Crippen LogP contribution < -0.4 is 15.5 Å². The third-order valence-corrected chi connectivity index (χ3v) is 6.41. The number of urea groups is 1. The first-order valence-corrected chi connectivity index (χ1v) is 12.2. The molecule has 0 saturated carbocycles. The Morgan fingerprint density at radius 2 is 1.26 bits per heavy atom. The number of amides is 3. The Hall–Kier alpha value is -3.51. The Bertz CT molecular complexity index is 1160. The number of carbonyl (C=O) groups is 2. The molecule has 2 N–H and O–H groups in total. The number of hydrogen-bond donors (Lipinski definition) is 2. The van der Waals surface area contributed by atoms with Gasteiger partial charge in [-0.1, -0.05) is 44.5 Å². The van der Waals surface area contributed by atoms with Crippen LogP contribution in [0.3, 0.4) is 0 Å². The van der Waals surface area contributed by atoms with E-state index in [1.54, 1.807) is 24.3 Å². The van der Waals surface area contributed by atoms with E-state index in [9.17, 15) is 9.59 Å². The molecule has 0 aliphatic carbocycles. The second-order valence-corrected chi connectivity index (χ2v) is 10.2. The van der Waals surface area contributed by atoms with Crippen molar-refractivity contribution in [3.63, 3.8) is 0 Å². The smallest absolute Gasteiger partial charge is 0.323 e. The minimum Gasteiger partial charge on any atom is -0.368 e. The third-order valence-electron chi connectivity index (χ3n) is 6.16. The summed E-state index contributed by atoms with van der Waals surface area (Å²) in [5, 5.41) is 6.23. The average molecular weight is 491 g/mol. The van der Waals surface area contributed by atoms with Gasteiger partial charge in [-0.3, -0.25) is 4.79 Å². The van der Waals surface area contributed by atoms with Crippen LogP contribution in [0.5, 0.6) is 0 Å². The van der Waals surface area contributed by atoms with Crippen LogP contribution in [-0.2, 0) is 5.41 Å². The van der Waals surface area contributed by atoms with Crippen LogP contribution in [0.15, 0.2) is 72.8 Å². The second-order valence-electron chi connectivity index (χ2n) is 9.74. The fraction of sp³-hybridized carbons (Fsp3) is 0.286. The molecule has 1 fully saturated rings. The number of piperazine rings is 1. The maximum Gasteiger partial charge on any atom is 0.323 e. The molecular weight excluding hydrogens is 460 g/mol. The maximum absolute atomic E-state index is 13.0. The Kier molecular flexibility index (Phi) is 7.31. The SMILES string of the molecule is CC(C)(C)c1ccc(C(=O)N2CCN(c3ccc(NC(=O)Nc4ccc(Cl)cc4)cc3)CC2)cc1. The van der Waals surface area contributed by atoms with Gasteiger partial charge >= 0.3 is 6.03 Å². The highest BCUT2D eigenvalue weighted by Crippen LogP contribution is 2.24. The molecule has 0 radical (unpaired) electrons. The molecule has 0 spiro atoms. The average Bonchev–Trinajstić information content (AvgIpc) is 2.85. The van der Waals surface area contributed by atoms with Crippen LogP contribution in [-0.4, -0.2) is 43.0 Å². The summed E-state index contributed by atoms with van der Waals surface area (Å²) in [6.07, 6.45) is 0. The minimum atomic E-state index is -0.317. The van der Waals surface area contributed by atoms with Gasteiger partial charge in [-0.15, -0.1) is 0 Å². The molecule has 0 aromatic heterocycles. The normalized spacial score (nSPS) is 13.9. The molecule has 6 nitrogen and oxygen atoms in total. The zero-order valence-electron chi connectivity index (χ0n) is 20.3. The van der Waals surface area contributed by atoms with E-state index in [0.717, 1.165) is 24.3 Å². The number of nitrogens with zero attached hydrogens (tertiary/aromatic N) is 2. The fourth-order valence-corrected chi connectivity index (χ4v) is 4.17. The third kappa shape index (κ3) is 6.34. The summed E-state index contributed by atoms with van der Waals surface area (Å²) < 4.78 is 0. The molecule has 0 bridgehead atoms. The van der Waals surface area contributed by atoms with Crippen LogP contribution >= 0.6 is 11.6 Å². The van der Waals surface area contributed by atoms with Crippen molar-refractivity contribution in [3.05, 3.63) is 88.9 Å². The van der Waals surface area contributed by atoms with Gasteiger partial charge in [0.1, 0.15) is 0 Å². The lowest BCUT2D eigenvalue weighted by Gasteiger charge is -2.36. The molecule has 1 aliphatic heterocycles. The summed E-state index contributed by atoms with van der Waals surface area (Å²) in [6.45, 7) is 9.36. The maximum atomic E-state index is 13.0. The first-order chi connectivity index (χ1) is 16.7. The molecular formula is C28H31ClN4O2. The van der Waals surface area contributed by atoms with Crippen LogP contribution in [0, 0.1) is 0 Å². The number of carbonyl (C=O) groups excluding carboxylic acids is 2. The highest BCUT2D eigenvalue weighted by atomic mass is 35.5. The van der Waals surface area contributed by atoms with Crippen molar-refractivity contribution >= 4 is 40.6 Å². The van der Waals surface area contributed by atoms with E-state index in [2.05, 4.69) is 48.4 Å². The van der Waals surface area contributed by atoms with Gasteiger partial charge in [-0.25, -0.2) is 4.79 Å². The summed E-state index contributed by atoms with van der Waals surface area (Å²) in [6, 6.07) is 22.3. The van der Waals surface area contributed by atoms with Crippen molar-refractivity contribution in [2.24, 2.45) is 0 Å². The number of anilines is 3. The minimum absolute atomic E-state index is 0.0682. The zero-order chi connectivity index (χ0) is 25.0. The van der Waals surface area contributed by atoms with E-state index in [-0.39, 0.29) is 17.4 Å². The number of halogens is 1. The van der Waals surface area contributed by atoms with Crippen molar-refractivity contribution in [1.82, 2.24) is 4.90 Å². The van der Waals surface area contributed by atoms with Crippen LogP contribution in [0.25, 0.3) is 0 Å². The molecule has 4 rings (SSSR count). The largest absolute Gasteiger partial charge is 0.368 e. The van der Waals surface area contributed by atoms with E-state index in [0.29, 0.717) is 29.5 Å². The first-order valence-electron chi connectivity index (χ1n) is 11.8. The molecule has 182 valence electrons. The number of rotatable bonds is 4.